The summed E-state index contributed by atoms with van der Waals surface area (Å²) in [6.45, 7) is 0. The maximum Gasteiger partial charge on any atom is 0.227 e. The summed E-state index contributed by atoms with van der Waals surface area (Å²) < 4.78 is 0. The van der Waals surface area contributed by atoms with E-state index in [9.17, 15) is 4.79 Å². The molecular weight excluding hydrogens is 186 g/mol. The topological polar surface area (TPSA) is 20.3 Å². The second kappa shape index (κ2) is 3.37. The fraction of sp³-hybridized carbons (Fsp3) is 0.462. The summed E-state index contributed by atoms with van der Waals surface area (Å²) in [7, 11) is 0. The molecule has 0 N–H and O–H groups in total. The quantitative estimate of drug-likeness (QED) is 0.684. The highest BCUT2D eigenvalue weighted by molar-refractivity contribution is 5.96. The van der Waals surface area contributed by atoms with Gasteiger partial charge in [-0.2, -0.15) is 0 Å². The highest BCUT2D eigenvalue weighted by Crippen LogP contribution is 2.40. The predicted octanol–water partition coefficient (Wildman–Crippen LogP) is 2.59. The van der Waals surface area contributed by atoms with Gasteiger partial charge in [0.15, 0.2) is 0 Å². The van der Waals surface area contributed by atoms with Crippen LogP contribution < -0.4 is 4.90 Å². The van der Waals surface area contributed by atoms with Gasteiger partial charge in [-0.1, -0.05) is 24.6 Å². The van der Waals surface area contributed by atoms with E-state index in [4.69, 9.17) is 0 Å². The van der Waals surface area contributed by atoms with E-state index >= 15 is 0 Å². The maximum absolute atomic E-state index is 11.9. The monoisotopic (exact) mass is 201 g/mol. The molecule has 1 aliphatic carbocycles. The van der Waals surface area contributed by atoms with E-state index in [0.29, 0.717) is 17.9 Å². The zero-order chi connectivity index (χ0) is 10.3. The van der Waals surface area contributed by atoms with Crippen LogP contribution in [0.15, 0.2) is 30.3 Å². The molecule has 2 nitrogen and oxygen atoms in total. The molecule has 78 valence electrons. The number of anilines is 1. The van der Waals surface area contributed by atoms with E-state index in [-0.39, 0.29) is 0 Å². The first kappa shape index (κ1) is 8.96. The Hall–Kier alpha value is -1.31. The Morgan fingerprint density at radius 1 is 1.13 bits per heavy atom. The molecule has 15 heavy (non-hydrogen) atoms. The molecular formula is C13H15NO. The molecule has 1 aromatic rings. The van der Waals surface area contributed by atoms with Crippen molar-refractivity contribution in [1.29, 1.82) is 0 Å². The fourth-order valence-electron chi connectivity index (χ4n) is 3.03. The van der Waals surface area contributed by atoms with E-state index in [2.05, 4.69) is 0 Å². The van der Waals surface area contributed by atoms with Gasteiger partial charge in [0.05, 0.1) is 0 Å². The van der Waals surface area contributed by atoms with Crippen LogP contribution in [0, 0.1) is 5.92 Å². The van der Waals surface area contributed by atoms with Gasteiger partial charge < -0.3 is 4.90 Å². The normalized spacial score (nSPS) is 29.6. The van der Waals surface area contributed by atoms with Gasteiger partial charge in [0.2, 0.25) is 5.91 Å². The molecule has 0 bridgehead atoms. The molecule has 1 saturated heterocycles. The molecule has 2 unspecified atom stereocenters. The first-order chi connectivity index (χ1) is 7.36. The highest BCUT2D eigenvalue weighted by Gasteiger charge is 2.42. The first-order valence-electron chi connectivity index (χ1n) is 5.73. The first-order valence-corrected chi connectivity index (χ1v) is 5.73. The van der Waals surface area contributed by atoms with Gasteiger partial charge in [0.1, 0.15) is 0 Å². The lowest BCUT2D eigenvalue weighted by atomic mass is 10.0. The Labute approximate surface area is 89.9 Å². The lowest BCUT2D eigenvalue weighted by Gasteiger charge is -2.23. The zero-order valence-electron chi connectivity index (χ0n) is 8.73. The van der Waals surface area contributed by atoms with E-state index in [0.717, 1.165) is 12.1 Å². The molecule has 0 radical (unpaired) electrons. The summed E-state index contributed by atoms with van der Waals surface area (Å²) >= 11 is 0. The molecule has 1 aromatic carbocycles. The Morgan fingerprint density at radius 2 is 1.93 bits per heavy atom. The van der Waals surface area contributed by atoms with Gasteiger partial charge >= 0.3 is 0 Å². The smallest absolute Gasteiger partial charge is 0.227 e. The van der Waals surface area contributed by atoms with E-state index < -0.39 is 0 Å². The van der Waals surface area contributed by atoms with E-state index in [1.807, 2.05) is 35.2 Å². The molecule has 1 aliphatic heterocycles. The number of hydrogen-bond acceptors (Lipinski definition) is 1. The molecule has 2 aliphatic rings. The number of amides is 1. The number of carbonyl (C=O) groups is 1. The van der Waals surface area contributed by atoms with Crippen molar-refractivity contribution in [2.75, 3.05) is 4.90 Å². The van der Waals surface area contributed by atoms with Crippen molar-refractivity contribution in [3.63, 3.8) is 0 Å². The summed E-state index contributed by atoms with van der Waals surface area (Å²) in [4.78, 5) is 13.9. The van der Waals surface area contributed by atoms with Crippen LogP contribution in [0.4, 0.5) is 5.69 Å². The van der Waals surface area contributed by atoms with Crippen molar-refractivity contribution in [2.24, 2.45) is 5.92 Å². The third-order valence-electron chi connectivity index (χ3n) is 3.69. The second-order valence-corrected chi connectivity index (χ2v) is 4.56. The van der Waals surface area contributed by atoms with Gasteiger partial charge in [0, 0.05) is 18.2 Å². The Balaban J connectivity index is 1.95. The second-order valence-electron chi connectivity index (χ2n) is 4.56. The summed E-state index contributed by atoms with van der Waals surface area (Å²) in [6, 6.07) is 10.6. The maximum atomic E-state index is 11.9. The number of benzene rings is 1. The minimum atomic E-state index is 0.316. The van der Waals surface area contributed by atoms with Gasteiger partial charge in [-0.3, -0.25) is 4.79 Å². The lowest BCUT2D eigenvalue weighted by molar-refractivity contribution is -0.117. The number of carbonyl (C=O) groups excluding carboxylic acids is 1. The van der Waals surface area contributed by atoms with Crippen molar-refractivity contribution in [3.05, 3.63) is 30.3 Å². The average Bonchev–Trinajstić information content (AvgIpc) is 2.78. The van der Waals surface area contributed by atoms with E-state index in [1.165, 1.54) is 19.3 Å². The molecule has 2 atom stereocenters. The van der Waals surface area contributed by atoms with Crippen molar-refractivity contribution >= 4 is 11.6 Å². The minimum Gasteiger partial charge on any atom is -0.309 e. The Bertz CT molecular complexity index is 373. The number of nitrogens with zero attached hydrogens (tertiary/aromatic N) is 1. The molecule has 2 fully saturated rings. The molecule has 1 saturated carbocycles. The largest absolute Gasteiger partial charge is 0.309 e. The van der Waals surface area contributed by atoms with Crippen molar-refractivity contribution in [1.82, 2.24) is 0 Å². The lowest BCUT2D eigenvalue weighted by Crippen LogP contribution is -2.32. The van der Waals surface area contributed by atoms with E-state index in [1.54, 1.807) is 0 Å². The molecule has 2 heteroatoms. The van der Waals surface area contributed by atoms with Crippen LogP contribution in [0.3, 0.4) is 0 Å². The number of rotatable bonds is 1. The van der Waals surface area contributed by atoms with Crippen LogP contribution >= 0.6 is 0 Å². The zero-order valence-corrected chi connectivity index (χ0v) is 8.73. The van der Waals surface area contributed by atoms with Gasteiger partial charge in [0.25, 0.3) is 0 Å². The SMILES string of the molecule is O=C1CC2CCCC2N1c1ccccc1. The molecule has 0 spiro atoms. The number of hydrogen-bond donors (Lipinski definition) is 0. The summed E-state index contributed by atoms with van der Waals surface area (Å²) in [5, 5.41) is 0. The van der Waals surface area contributed by atoms with Gasteiger partial charge in [-0.05, 0) is 30.9 Å². The average molecular weight is 201 g/mol. The van der Waals surface area contributed by atoms with Crippen LogP contribution in [0.1, 0.15) is 25.7 Å². The number of para-hydroxylation sites is 1. The molecule has 1 heterocycles. The highest BCUT2D eigenvalue weighted by atomic mass is 16.2. The van der Waals surface area contributed by atoms with Crippen molar-refractivity contribution < 1.29 is 4.79 Å². The predicted molar refractivity (Wildman–Crippen MR) is 59.7 cm³/mol. The number of fused-ring (bicyclic) bond motifs is 1. The minimum absolute atomic E-state index is 0.316. The van der Waals surface area contributed by atoms with Crippen LogP contribution in [-0.2, 0) is 4.79 Å². The van der Waals surface area contributed by atoms with Crippen LogP contribution in [0.25, 0.3) is 0 Å². The summed E-state index contributed by atoms with van der Waals surface area (Å²) in [5.41, 5.74) is 1.08. The third kappa shape index (κ3) is 1.36. The Morgan fingerprint density at radius 3 is 2.73 bits per heavy atom. The summed E-state index contributed by atoms with van der Waals surface area (Å²) in [6.07, 6.45) is 4.47. The van der Waals surface area contributed by atoms with Crippen LogP contribution in [0.5, 0.6) is 0 Å². The standard InChI is InChI=1S/C13H15NO/c15-13-9-10-5-4-8-12(10)14(13)11-6-2-1-3-7-11/h1-3,6-7,10,12H,4-5,8-9H2. The van der Waals surface area contributed by atoms with Crippen LogP contribution in [-0.4, -0.2) is 11.9 Å². The Kier molecular flexibility index (Phi) is 2.01. The van der Waals surface area contributed by atoms with Crippen molar-refractivity contribution in [3.8, 4) is 0 Å². The molecule has 3 rings (SSSR count). The van der Waals surface area contributed by atoms with Gasteiger partial charge in [-0.25, -0.2) is 0 Å². The van der Waals surface area contributed by atoms with Gasteiger partial charge in [-0.15, -0.1) is 0 Å². The third-order valence-corrected chi connectivity index (χ3v) is 3.69. The molecule has 0 aromatic heterocycles. The molecule has 1 amide bonds. The summed E-state index contributed by atoms with van der Waals surface area (Å²) in [5.74, 6) is 0.939. The van der Waals surface area contributed by atoms with Crippen LogP contribution in [0.2, 0.25) is 0 Å². The fourth-order valence-corrected chi connectivity index (χ4v) is 3.03. The van der Waals surface area contributed by atoms with Crippen molar-refractivity contribution in [2.45, 2.75) is 31.7 Å².